The van der Waals surface area contributed by atoms with Crippen LogP contribution in [0.2, 0.25) is 10.0 Å². The maximum Gasteiger partial charge on any atom is 0.261 e. The van der Waals surface area contributed by atoms with E-state index in [9.17, 15) is 19.1 Å². The fourth-order valence-corrected chi connectivity index (χ4v) is 6.35. The highest BCUT2D eigenvalue weighted by Crippen LogP contribution is 2.60. The van der Waals surface area contributed by atoms with Crippen LogP contribution >= 0.6 is 23.2 Å². The van der Waals surface area contributed by atoms with Crippen LogP contribution in [-0.4, -0.2) is 52.9 Å². The molecule has 4 saturated carbocycles. The van der Waals surface area contributed by atoms with Gasteiger partial charge in [0.05, 0.1) is 11.6 Å². The molecule has 4 aliphatic carbocycles. The average molecular weight is 564 g/mol. The first-order valence-corrected chi connectivity index (χ1v) is 13.4. The Kier molecular flexibility index (Phi) is 6.26. The topological polar surface area (TPSA) is 109 Å². The molecule has 0 spiro atoms. The van der Waals surface area contributed by atoms with Crippen molar-refractivity contribution in [2.24, 2.45) is 0 Å². The van der Waals surface area contributed by atoms with Crippen LogP contribution in [0.3, 0.4) is 0 Å². The smallest absolute Gasteiger partial charge is 0.261 e. The number of aliphatic hydroxyl groups excluding tert-OH is 1. The molecule has 8 nitrogen and oxygen atoms in total. The molecular weight excluding hydrogens is 536 g/mol. The van der Waals surface area contributed by atoms with E-state index in [1.165, 1.54) is 12.1 Å². The van der Waals surface area contributed by atoms with Gasteiger partial charge in [-0.15, -0.1) is 0 Å². The number of amides is 2. The quantitative estimate of drug-likeness (QED) is 0.372. The molecule has 0 aromatic heterocycles. The molecule has 2 aromatic rings. The van der Waals surface area contributed by atoms with Crippen LogP contribution in [-0.2, 0) is 9.59 Å². The van der Waals surface area contributed by atoms with Crippen molar-refractivity contribution < 1.29 is 28.6 Å². The highest BCUT2D eigenvalue weighted by atomic mass is 35.5. The minimum atomic E-state index is -0.691. The lowest BCUT2D eigenvalue weighted by Gasteiger charge is -2.70. The molecule has 2 atom stereocenters. The number of halogens is 3. The molecule has 38 heavy (non-hydrogen) atoms. The van der Waals surface area contributed by atoms with Gasteiger partial charge in [0.15, 0.2) is 12.7 Å². The van der Waals surface area contributed by atoms with Crippen LogP contribution in [0.15, 0.2) is 36.4 Å². The molecule has 0 unspecified atom stereocenters. The number of ether oxygens (including phenoxy) is 2. The van der Waals surface area contributed by atoms with Gasteiger partial charge in [-0.1, -0.05) is 23.2 Å². The summed E-state index contributed by atoms with van der Waals surface area (Å²) in [6, 6.07) is 9.19. The summed E-state index contributed by atoms with van der Waals surface area (Å²) < 4.78 is 25.0. The molecule has 2 bridgehead atoms. The Hall–Kier alpha value is -2.59. The second-order valence-electron chi connectivity index (χ2n) is 11.2. The van der Waals surface area contributed by atoms with Crippen molar-refractivity contribution in [3.05, 3.63) is 57.8 Å². The second kappa shape index (κ2) is 9.26. The number of fused-ring (bicyclic) bond motifs is 1. The van der Waals surface area contributed by atoms with Crippen LogP contribution in [0.1, 0.15) is 50.1 Å². The van der Waals surface area contributed by atoms with E-state index in [2.05, 4.69) is 16.0 Å². The van der Waals surface area contributed by atoms with Crippen LogP contribution in [0.4, 0.5) is 4.39 Å². The normalized spacial score (nSPS) is 29.6. The number of carbonyl (C=O) groups excluding carboxylic acids is 2. The van der Waals surface area contributed by atoms with Crippen molar-refractivity contribution in [3.63, 3.8) is 0 Å². The maximum atomic E-state index is 13.6. The number of aliphatic hydroxyl groups is 1. The average Bonchev–Trinajstić information content (AvgIpc) is 3.62. The second-order valence-corrected chi connectivity index (χ2v) is 12.0. The number of nitrogens with one attached hydrogen (secondary N) is 3. The summed E-state index contributed by atoms with van der Waals surface area (Å²) in [5, 5.41) is 20.0. The minimum absolute atomic E-state index is 0.0148. The van der Waals surface area contributed by atoms with Gasteiger partial charge >= 0.3 is 0 Å². The fourth-order valence-electron chi connectivity index (χ4n) is 6.05. The van der Waals surface area contributed by atoms with Crippen LogP contribution < -0.4 is 25.4 Å². The van der Waals surface area contributed by atoms with Crippen LogP contribution in [0, 0.1) is 5.82 Å². The van der Waals surface area contributed by atoms with Crippen LogP contribution in [0.5, 0.6) is 11.5 Å². The maximum absolute atomic E-state index is 13.6. The van der Waals surface area contributed by atoms with Crippen molar-refractivity contribution in [2.45, 2.75) is 67.3 Å². The third-order valence-corrected chi connectivity index (χ3v) is 8.62. The Morgan fingerprint density at radius 2 is 1.82 bits per heavy atom. The number of rotatable bonds is 9. The molecule has 0 saturated heterocycles. The molecular formula is C27H28Cl2FN3O5. The van der Waals surface area contributed by atoms with Crippen molar-refractivity contribution >= 4 is 35.0 Å². The minimum Gasteiger partial charge on any atom is -0.484 e. The molecule has 4 N–H and O–H groups in total. The van der Waals surface area contributed by atoms with Gasteiger partial charge in [-0.2, -0.15) is 0 Å². The van der Waals surface area contributed by atoms with E-state index in [1.807, 2.05) is 6.07 Å². The number of hydrogen-bond acceptors (Lipinski definition) is 6. The molecule has 1 aliphatic heterocycles. The van der Waals surface area contributed by atoms with Crippen molar-refractivity contribution in [3.8, 4) is 11.5 Å². The number of benzene rings is 2. The van der Waals surface area contributed by atoms with Crippen molar-refractivity contribution in [1.29, 1.82) is 0 Å². The molecule has 11 heteroatoms. The summed E-state index contributed by atoms with van der Waals surface area (Å²) in [6.45, 7) is -0.207. The monoisotopic (exact) mass is 563 g/mol. The largest absolute Gasteiger partial charge is 0.484 e. The lowest BCUT2D eigenvalue weighted by molar-refractivity contribution is -0.154. The third-order valence-electron chi connectivity index (χ3n) is 8.08. The van der Waals surface area contributed by atoms with Gasteiger partial charge in [-0.3, -0.25) is 9.59 Å². The Labute approximate surface area is 229 Å². The summed E-state index contributed by atoms with van der Waals surface area (Å²) in [5.41, 5.74) is -0.150. The summed E-state index contributed by atoms with van der Waals surface area (Å²) in [4.78, 5) is 25.7. The Morgan fingerprint density at radius 3 is 2.50 bits per heavy atom. The first kappa shape index (κ1) is 25.7. The zero-order valence-electron chi connectivity index (χ0n) is 20.5. The molecule has 2 aromatic carbocycles. The zero-order chi connectivity index (χ0) is 26.7. The standard InChI is InChI=1S/C27H28Cl2FN3O5/c28-15-1-4-21-17(7-15)20(31-25(14-34)5-6-25)9-22(38-21)24(36)33-27-11-26(12-27,13-27)32-23(35)10-37-16-2-3-18(29)19(30)8-16/h1-4,7-8,20,22,31,34H,5-6,9-14H2,(H,32,35)(H,33,36)/t20-,22+,26?,27?/m0/s1. The highest BCUT2D eigenvalue weighted by Gasteiger charge is 2.69. The SMILES string of the molecule is O=C(COc1ccc(Cl)c(F)c1)NC12CC(NC(=O)[C@H]3C[C@H](NC4(CO)CC4)c4cc(Cl)ccc4O3)(C1)C2. The third kappa shape index (κ3) is 4.81. The predicted octanol–water partition coefficient (Wildman–Crippen LogP) is 3.43. The summed E-state index contributed by atoms with van der Waals surface area (Å²) >= 11 is 11.9. The Bertz CT molecular complexity index is 1280. The van der Waals surface area contributed by atoms with Gasteiger partial charge in [0.2, 0.25) is 0 Å². The van der Waals surface area contributed by atoms with Gasteiger partial charge < -0.3 is 30.5 Å². The van der Waals surface area contributed by atoms with Gasteiger partial charge in [-0.05, 0) is 62.4 Å². The lowest BCUT2D eigenvalue weighted by atomic mass is 9.44. The first-order valence-electron chi connectivity index (χ1n) is 12.7. The number of hydrogen-bond donors (Lipinski definition) is 4. The van der Waals surface area contributed by atoms with E-state index in [0.29, 0.717) is 36.5 Å². The molecule has 4 fully saturated rings. The summed E-state index contributed by atoms with van der Waals surface area (Å²) in [7, 11) is 0. The van der Waals surface area contributed by atoms with Gasteiger partial charge in [0.25, 0.3) is 11.8 Å². The van der Waals surface area contributed by atoms with Crippen molar-refractivity contribution in [1.82, 2.24) is 16.0 Å². The first-order chi connectivity index (χ1) is 18.1. The van der Waals surface area contributed by atoms with Gasteiger partial charge in [0, 0.05) is 45.7 Å². The van der Waals surface area contributed by atoms with Crippen LogP contribution in [0.25, 0.3) is 0 Å². The van der Waals surface area contributed by atoms with E-state index in [-0.39, 0.29) is 58.5 Å². The molecule has 202 valence electrons. The van der Waals surface area contributed by atoms with E-state index in [4.69, 9.17) is 32.7 Å². The van der Waals surface area contributed by atoms with Gasteiger partial charge in [-0.25, -0.2) is 4.39 Å². The van der Waals surface area contributed by atoms with E-state index >= 15 is 0 Å². The van der Waals surface area contributed by atoms with E-state index < -0.39 is 11.9 Å². The molecule has 1 heterocycles. The summed E-state index contributed by atoms with van der Waals surface area (Å²) in [5.74, 6) is -0.289. The lowest BCUT2D eigenvalue weighted by Crippen LogP contribution is -2.84. The number of carbonyl (C=O) groups is 2. The molecule has 2 amide bonds. The highest BCUT2D eigenvalue weighted by molar-refractivity contribution is 6.31. The van der Waals surface area contributed by atoms with Crippen molar-refractivity contribution in [2.75, 3.05) is 13.2 Å². The molecule has 5 aliphatic rings. The Balaban J connectivity index is 1.02. The van der Waals surface area contributed by atoms with Gasteiger partial charge in [0.1, 0.15) is 17.3 Å². The fraction of sp³-hybridized carbons (Fsp3) is 0.481. The Morgan fingerprint density at radius 1 is 1.08 bits per heavy atom. The summed E-state index contributed by atoms with van der Waals surface area (Å²) in [6.07, 6.45) is 3.37. The van der Waals surface area contributed by atoms with E-state index in [0.717, 1.165) is 24.5 Å². The van der Waals surface area contributed by atoms with E-state index in [1.54, 1.807) is 12.1 Å². The predicted molar refractivity (Wildman–Crippen MR) is 138 cm³/mol. The molecule has 0 radical (unpaired) electrons. The molecule has 7 rings (SSSR count). The zero-order valence-corrected chi connectivity index (χ0v) is 22.0.